The first-order valence-corrected chi connectivity index (χ1v) is 5.79. The predicted octanol–water partition coefficient (Wildman–Crippen LogP) is 4.06. The molecule has 5 heteroatoms. The zero-order chi connectivity index (χ0) is 14.1. The van der Waals surface area contributed by atoms with E-state index in [2.05, 4.69) is 0 Å². The van der Waals surface area contributed by atoms with Gasteiger partial charge < -0.3 is 5.73 Å². The SMILES string of the molecule is CCC(N)(c1ccc(C(F)(F)F)c(F)c1)C(C)C. The van der Waals surface area contributed by atoms with Crippen LogP contribution in [0.15, 0.2) is 18.2 Å². The van der Waals surface area contributed by atoms with E-state index in [-0.39, 0.29) is 5.92 Å². The Hall–Kier alpha value is -1.10. The third-order valence-corrected chi connectivity index (χ3v) is 3.43. The van der Waals surface area contributed by atoms with Crippen LogP contribution in [0.25, 0.3) is 0 Å². The fraction of sp³-hybridized carbons (Fsp3) is 0.538. The maximum atomic E-state index is 13.5. The van der Waals surface area contributed by atoms with E-state index in [4.69, 9.17) is 5.73 Å². The Balaban J connectivity index is 3.27. The first kappa shape index (κ1) is 15.0. The molecule has 1 aromatic carbocycles. The van der Waals surface area contributed by atoms with Crippen LogP contribution in [0.2, 0.25) is 0 Å². The molecule has 0 bridgehead atoms. The van der Waals surface area contributed by atoms with Gasteiger partial charge in [0.1, 0.15) is 5.82 Å². The summed E-state index contributed by atoms with van der Waals surface area (Å²) in [5.41, 5.74) is 4.46. The molecule has 0 heterocycles. The molecule has 0 radical (unpaired) electrons. The summed E-state index contributed by atoms with van der Waals surface area (Å²) >= 11 is 0. The van der Waals surface area contributed by atoms with Gasteiger partial charge in [-0.15, -0.1) is 0 Å². The summed E-state index contributed by atoms with van der Waals surface area (Å²) in [7, 11) is 0. The lowest BCUT2D eigenvalue weighted by Crippen LogP contribution is -2.41. The highest BCUT2D eigenvalue weighted by Gasteiger charge is 2.36. The lowest BCUT2D eigenvalue weighted by Gasteiger charge is -2.33. The van der Waals surface area contributed by atoms with Crippen LogP contribution in [0.1, 0.15) is 38.3 Å². The van der Waals surface area contributed by atoms with E-state index in [1.165, 1.54) is 6.07 Å². The summed E-state index contributed by atoms with van der Waals surface area (Å²) < 4.78 is 50.8. The number of rotatable bonds is 3. The van der Waals surface area contributed by atoms with Crippen LogP contribution in [0.5, 0.6) is 0 Å². The second kappa shape index (κ2) is 4.88. The molecule has 18 heavy (non-hydrogen) atoms. The van der Waals surface area contributed by atoms with Crippen molar-refractivity contribution < 1.29 is 17.6 Å². The Morgan fingerprint density at radius 1 is 1.22 bits per heavy atom. The van der Waals surface area contributed by atoms with Gasteiger partial charge in [-0.3, -0.25) is 0 Å². The summed E-state index contributed by atoms with van der Waals surface area (Å²) in [5, 5.41) is 0. The molecule has 0 saturated carbocycles. The molecule has 0 aliphatic heterocycles. The third kappa shape index (κ3) is 2.66. The molecular weight excluding hydrogens is 246 g/mol. The lowest BCUT2D eigenvalue weighted by molar-refractivity contribution is -0.140. The number of alkyl halides is 3. The normalized spacial score (nSPS) is 15.8. The van der Waals surface area contributed by atoms with Gasteiger partial charge in [-0.25, -0.2) is 4.39 Å². The van der Waals surface area contributed by atoms with Crippen molar-refractivity contribution in [3.63, 3.8) is 0 Å². The minimum absolute atomic E-state index is 0.00126. The van der Waals surface area contributed by atoms with Crippen molar-refractivity contribution in [2.24, 2.45) is 11.7 Å². The first-order valence-electron chi connectivity index (χ1n) is 5.79. The van der Waals surface area contributed by atoms with Gasteiger partial charge in [0.2, 0.25) is 0 Å². The average Bonchev–Trinajstić information content (AvgIpc) is 2.25. The standard InChI is InChI=1S/C13H17F4N/c1-4-12(18,8(2)3)9-5-6-10(11(14)7-9)13(15,16)17/h5-8H,4,18H2,1-3H3. The van der Waals surface area contributed by atoms with Crippen LogP contribution in [-0.2, 0) is 11.7 Å². The average molecular weight is 263 g/mol. The summed E-state index contributed by atoms with van der Waals surface area (Å²) in [4.78, 5) is 0. The van der Waals surface area contributed by atoms with E-state index in [0.29, 0.717) is 12.0 Å². The molecule has 0 aromatic heterocycles. The smallest absolute Gasteiger partial charge is 0.321 e. The molecular formula is C13H17F4N. The summed E-state index contributed by atoms with van der Waals surface area (Å²) in [6.45, 7) is 5.55. The highest BCUT2D eigenvalue weighted by Crippen LogP contribution is 2.35. The molecule has 1 atom stereocenters. The van der Waals surface area contributed by atoms with Gasteiger partial charge in [0.25, 0.3) is 0 Å². The largest absolute Gasteiger partial charge is 0.419 e. The second-order valence-electron chi connectivity index (χ2n) is 4.74. The quantitative estimate of drug-likeness (QED) is 0.817. The number of halogens is 4. The molecule has 0 spiro atoms. The molecule has 1 aromatic rings. The van der Waals surface area contributed by atoms with Gasteiger partial charge in [-0.05, 0) is 30.0 Å². The van der Waals surface area contributed by atoms with Gasteiger partial charge in [0.15, 0.2) is 0 Å². The minimum Gasteiger partial charge on any atom is -0.321 e. The van der Waals surface area contributed by atoms with Crippen LogP contribution in [0.4, 0.5) is 17.6 Å². The van der Waals surface area contributed by atoms with Crippen LogP contribution < -0.4 is 5.73 Å². The molecule has 0 amide bonds. The second-order valence-corrected chi connectivity index (χ2v) is 4.74. The molecule has 0 fully saturated rings. The van der Waals surface area contributed by atoms with Crippen molar-refractivity contribution in [1.29, 1.82) is 0 Å². The molecule has 1 rings (SSSR count). The Bertz CT molecular complexity index is 425. The Morgan fingerprint density at radius 2 is 1.78 bits per heavy atom. The first-order chi connectivity index (χ1) is 8.13. The van der Waals surface area contributed by atoms with E-state index < -0.39 is 23.1 Å². The fourth-order valence-corrected chi connectivity index (χ4v) is 1.98. The molecule has 0 aliphatic rings. The molecule has 0 saturated heterocycles. The highest BCUT2D eigenvalue weighted by molar-refractivity contribution is 5.31. The third-order valence-electron chi connectivity index (χ3n) is 3.43. The van der Waals surface area contributed by atoms with Gasteiger partial charge in [-0.1, -0.05) is 26.8 Å². The van der Waals surface area contributed by atoms with Gasteiger partial charge >= 0.3 is 6.18 Å². The van der Waals surface area contributed by atoms with Crippen molar-refractivity contribution in [2.75, 3.05) is 0 Å². The summed E-state index contributed by atoms with van der Waals surface area (Å²) in [5.74, 6) is -1.28. The topological polar surface area (TPSA) is 26.0 Å². The van der Waals surface area contributed by atoms with Crippen molar-refractivity contribution in [2.45, 2.75) is 38.9 Å². The number of hydrogen-bond acceptors (Lipinski definition) is 1. The molecule has 102 valence electrons. The number of nitrogens with two attached hydrogens (primary N) is 1. The van der Waals surface area contributed by atoms with Gasteiger partial charge in [-0.2, -0.15) is 13.2 Å². The van der Waals surface area contributed by atoms with E-state index >= 15 is 0 Å². The van der Waals surface area contributed by atoms with E-state index in [9.17, 15) is 17.6 Å². The number of hydrogen-bond donors (Lipinski definition) is 1. The number of benzene rings is 1. The Morgan fingerprint density at radius 3 is 2.11 bits per heavy atom. The molecule has 2 N–H and O–H groups in total. The highest BCUT2D eigenvalue weighted by atomic mass is 19.4. The molecule has 0 aliphatic carbocycles. The Labute approximate surface area is 104 Å². The van der Waals surface area contributed by atoms with Crippen LogP contribution in [0.3, 0.4) is 0 Å². The van der Waals surface area contributed by atoms with Gasteiger partial charge in [0, 0.05) is 5.54 Å². The predicted molar refractivity (Wildman–Crippen MR) is 62.4 cm³/mol. The zero-order valence-corrected chi connectivity index (χ0v) is 10.6. The molecule has 1 unspecified atom stereocenters. The molecule has 1 nitrogen and oxygen atoms in total. The minimum atomic E-state index is -4.68. The lowest BCUT2D eigenvalue weighted by atomic mass is 9.78. The van der Waals surface area contributed by atoms with E-state index in [1.807, 2.05) is 20.8 Å². The van der Waals surface area contributed by atoms with Crippen molar-refractivity contribution in [1.82, 2.24) is 0 Å². The zero-order valence-electron chi connectivity index (χ0n) is 10.6. The van der Waals surface area contributed by atoms with Crippen LogP contribution in [0, 0.1) is 11.7 Å². The monoisotopic (exact) mass is 263 g/mol. The Kier molecular flexibility index (Phi) is 4.05. The van der Waals surface area contributed by atoms with E-state index in [0.717, 1.165) is 12.1 Å². The summed E-state index contributed by atoms with van der Waals surface area (Å²) in [6, 6.07) is 2.91. The maximum absolute atomic E-state index is 13.5. The van der Waals surface area contributed by atoms with E-state index in [1.54, 1.807) is 0 Å². The fourth-order valence-electron chi connectivity index (χ4n) is 1.98. The van der Waals surface area contributed by atoms with Crippen LogP contribution >= 0.6 is 0 Å². The van der Waals surface area contributed by atoms with Crippen molar-refractivity contribution in [3.8, 4) is 0 Å². The van der Waals surface area contributed by atoms with Crippen molar-refractivity contribution >= 4 is 0 Å². The van der Waals surface area contributed by atoms with Crippen LogP contribution in [-0.4, -0.2) is 0 Å². The van der Waals surface area contributed by atoms with Gasteiger partial charge in [0.05, 0.1) is 5.56 Å². The maximum Gasteiger partial charge on any atom is 0.419 e. The van der Waals surface area contributed by atoms with Crippen molar-refractivity contribution in [3.05, 3.63) is 35.1 Å². The summed E-state index contributed by atoms with van der Waals surface area (Å²) in [6.07, 6.45) is -4.15.